The molecule has 0 aliphatic rings. The first-order valence-electron chi connectivity index (χ1n) is 5.40. The van der Waals surface area contributed by atoms with Gasteiger partial charge in [0, 0.05) is 15.9 Å². The van der Waals surface area contributed by atoms with Gasteiger partial charge in [0.2, 0.25) is 0 Å². The van der Waals surface area contributed by atoms with E-state index in [0.717, 1.165) is 12.1 Å². The summed E-state index contributed by atoms with van der Waals surface area (Å²) in [6, 6.07) is 1.84. The third-order valence-corrected chi connectivity index (χ3v) is 2.93. The molecule has 0 radical (unpaired) electrons. The maximum Gasteiger partial charge on any atom is 0.257 e. The van der Waals surface area contributed by atoms with Gasteiger partial charge in [0.25, 0.3) is 5.91 Å². The van der Waals surface area contributed by atoms with Crippen molar-refractivity contribution in [3.8, 4) is 0 Å². The summed E-state index contributed by atoms with van der Waals surface area (Å²) in [5.74, 6) is -2.57. The zero-order valence-electron chi connectivity index (χ0n) is 9.94. The fourth-order valence-corrected chi connectivity index (χ4v) is 2.27. The van der Waals surface area contributed by atoms with E-state index in [9.17, 15) is 13.6 Å². The van der Waals surface area contributed by atoms with Crippen molar-refractivity contribution in [3.05, 3.63) is 33.8 Å². The summed E-state index contributed by atoms with van der Waals surface area (Å²) in [5, 5.41) is 2.38. The number of halogens is 4. The van der Waals surface area contributed by atoms with Crippen LogP contribution in [-0.2, 0) is 0 Å². The topological polar surface area (TPSA) is 29.1 Å². The highest BCUT2D eigenvalue weighted by Crippen LogP contribution is 2.19. The predicted octanol–water partition coefficient (Wildman–Crippen LogP) is 3.86. The summed E-state index contributed by atoms with van der Waals surface area (Å²) in [6.45, 7) is 3.51. The van der Waals surface area contributed by atoms with E-state index in [1.165, 1.54) is 0 Å². The summed E-state index contributed by atoms with van der Waals surface area (Å²) in [5.41, 5.74) is -0.577. The molecule has 1 aromatic rings. The normalized spacial score (nSPS) is 14.1. The monoisotopic (exact) mass is 339 g/mol. The molecule has 1 rings (SSSR count). The van der Waals surface area contributed by atoms with Crippen molar-refractivity contribution in [1.82, 2.24) is 5.32 Å². The molecule has 0 aliphatic heterocycles. The maximum atomic E-state index is 13.5. The predicted molar refractivity (Wildman–Crippen MR) is 70.9 cm³/mol. The third-order valence-electron chi connectivity index (χ3n) is 2.29. The molecule has 0 saturated carbocycles. The van der Waals surface area contributed by atoms with Crippen molar-refractivity contribution in [2.45, 2.75) is 31.7 Å². The van der Waals surface area contributed by atoms with E-state index < -0.39 is 23.1 Å². The van der Waals surface area contributed by atoms with Crippen LogP contribution in [0.4, 0.5) is 8.78 Å². The number of carbonyl (C=O) groups is 1. The SMILES string of the molecule is CC(Cl)CC(C)NC(=O)c1c(F)cc(Br)cc1F. The molecule has 2 nitrogen and oxygen atoms in total. The number of amides is 1. The van der Waals surface area contributed by atoms with Crippen LogP contribution in [0.3, 0.4) is 0 Å². The van der Waals surface area contributed by atoms with Crippen LogP contribution in [0.5, 0.6) is 0 Å². The summed E-state index contributed by atoms with van der Waals surface area (Å²) >= 11 is 8.73. The number of hydrogen-bond donors (Lipinski definition) is 1. The maximum absolute atomic E-state index is 13.5. The minimum atomic E-state index is -0.898. The van der Waals surface area contributed by atoms with Crippen molar-refractivity contribution in [1.29, 1.82) is 0 Å². The molecule has 0 spiro atoms. The van der Waals surface area contributed by atoms with E-state index in [-0.39, 0.29) is 15.9 Å². The molecule has 1 amide bonds. The molecule has 0 fully saturated rings. The van der Waals surface area contributed by atoms with Gasteiger partial charge in [0.1, 0.15) is 17.2 Å². The lowest BCUT2D eigenvalue weighted by molar-refractivity contribution is 0.0930. The third kappa shape index (κ3) is 4.21. The molecule has 1 aromatic carbocycles. The van der Waals surface area contributed by atoms with Gasteiger partial charge in [0.05, 0.1) is 0 Å². The van der Waals surface area contributed by atoms with Gasteiger partial charge in [-0.15, -0.1) is 11.6 Å². The molecule has 100 valence electrons. The molecule has 0 bridgehead atoms. The molecule has 18 heavy (non-hydrogen) atoms. The van der Waals surface area contributed by atoms with Crippen molar-refractivity contribution in [3.63, 3.8) is 0 Å². The number of rotatable bonds is 4. The molecule has 0 heterocycles. The minimum absolute atomic E-state index is 0.125. The van der Waals surface area contributed by atoms with Crippen molar-refractivity contribution >= 4 is 33.4 Å². The highest BCUT2D eigenvalue weighted by molar-refractivity contribution is 9.10. The molecular weight excluding hydrogens is 327 g/mol. The van der Waals surface area contributed by atoms with Crippen LogP contribution in [0.15, 0.2) is 16.6 Å². The quantitative estimate of drug-likeness (QED) is 0.829. The van der Waals surface area contributed by atoms with Crippen molar-refractivity contribution in [2.24, 2.45) is 0 Å². The number of carbonyl (C=O) groups excluding carboxylic acids is 1. The first kappa shape index (κ1) is 15.4. The Morgan fingerprint density at radius 3 is 2.33 bits per heavy atom. The van der Waals surface area contributed by atoms with Crippen LogP contribution in [-0.4, -0.2) is 17.3 Å². The second-order valence-corrected chi connectivity index (χ2v) is 5.80. The van der Waals surface area contributed by atoms with Crippen LogP contribution >= 0.6 is 27.5 Å². The fraction of sp³-hybridized carbons (Fsp3) is 0.417. The van der Waals surface area contributed by atoms with Crippen LogP contribution < -0.4 is 5.32 Å². The lowest BCUT2D eigenvalue weighted by atomic mass is 10.1. The Hall–Kier alpha value is -0.680. The lowest BCUT2D eigenvalue weighted by Crippen LogP contribution is -2.35. The lowest BCUT2D eigenvalue weighted by Gasteiger charge is -2.15. The van der Waals surface area contributed by atoms with Gasteiger partial charge in [-0.2, -0.15) is 0 Å². The zero-order valence-corrected chi connectivity index (χ0v) is 12.3. The molecule has 0 saturated heterocycles. The smallest absolute Gasteiger partial charge is 0.257 e. The van der Waals surface area contributed by atoms with Gasteiger partial charge in [-0.25, -0.2) is 8.78 Å². The largest absolute Gasteiger partial charge is 0.349 e. The van der Waals surface area contributed by atoms with Crippen molar-refractivity contribution < 1.29 is 13.6 Å². The summed E-state index contributed by atoms with van der Waals surface area (Å²) in [7, 11) is 0. The Balaban J connectivity index is 2.85. The Morgan fingerprint density at radius 2 is 1.89 bits per heavy atom. The van der Waals surface area contributed by atoms with E-state index in [0.29, 0.717) is 6.42 Å². The van der Waals surface area contributed by atoms with Gasteiger partial charge >= 0.3 is 0 Å². The highest BCUT2D eigenvalue weighted by atomic mass is 79.9. The van der Waals surface area contributed by atoms with E-state index in [1.807, 2.05) is 0 Å². The Morgan fingerprint density at radius 1 is 1.39 bits per heavy atom. The highest BCUT2D eigenvalue weighted by Gasteiger charge is 2.20. The average Bonchev–Trinajstić information content (AvgIpc) is 2.12. The fourth-order valence-electron chi connectivity index (χ4n) is 1.60. The van der Waals surface area contributed by atoms with Crippen LogP contribution in [0, 0.1) is 11.6 Å². The van der Waals surface area contributed by atoms with Gasteiger partial charge in [0.15, 0.2) is 0 Å². The molecule has 0 aromatic heterocycles. The second kappa shape index (κ2) is 6.48. The number of alkyl halides is 1. The first-order valence-corrected chi connectivity index (χ1v) is 6.63. The minimum Gasteiger partial charge on any atom is -0.349 e. The standard InChI is InChI=1S/C12H13BrClF2NO/c1-6(14)3-7(2)17-12(18)11-9(15)4-8(13)5-10(11)16/h4-7H,3H2,1-2H3,(H,17,18). The van der Waals surface area contributed by atoms with Gasteiger partial charge in [-0.05, 0) is 32.4 Å². The zero-order chi connectivity index (χ0) is 13.9. The van der Waals surface area contributed by atoms with E-state index in [1.54, 1.807) is 13.8 Å². The first-order chi connectivity index (χ1) is 8.31. The molecule has 2 unspecified atom stereocenters. The van der Waals surface area contributed by atoms with Crippen LogP contribution in [0.1, 0.15) is 30.6 Å². The van der Waals surface area contributed by atoms with Crippen molar-refractivity contribution in [2.75, 3.05) is 0 Å². The van der Waals surface area contributed by atoms with Gasteiger partial charge in [-0.1, -0.05) is 15.9 Å². The summed E-state index contributed by atoms with van der Waals surface area (Å²) < 4.78 is 27.3. The van der Waals surface area contributed by atoms with E-state index in [4.69, 9.17) is 11.6 Å². The van der Waals surface area contributed by atoms with E-state index in [2.05, 4.69) is 21.2 Å². The number of nitrogens with one attached hydrogen (secondary N) is 1. The Kier molecular flexibility index (Phi) is 5.53. The molecule has 0 aliphatic carbocycles. The second-order valence-electron chi connectivity index (χ2n) is 4.14. The van der Waals surface area contributed by atoms with E-state index >= 15 is 0 Å². The van der Waals surface area contributed by atoms with Crippen LogP contribution in [0.25, 0.3) is 0 Å². The summed E-state index contributed by atoms with van der Waals surface area (Å²) in [4.78, 5) is 11.7. The Bertz CT molecular complexity index is 431. The molecular formula is C12H13BrClF2NO. The van der Waals surface area contributed by atoms with Gasteiger partial charge < -0.3 is 5.32 Å². The Labute approximate surface area is 118 Å². The van der Waals surface area contributed by atoms with Gasteiger partial charge in [-0.3, -0.25) is 4.79 Å². The number of benzene rings is 1. The molecule has 2 atom stereocenters. The average molecular weight is 341 g/mol. The molecule has 1 N–H and O–H groups in total. The summed E-state index contributed by atoms with van der Waals surface area (Å²) in [6.07, 6.45) is 0.521. The molecule has 6 heteroatoms. The number of hydrogen-bond acceptors (Lipinski definition) is 1. The van der Waals surface area contributed by atoms with Crippen LogP contribution in [0.2, 0.25) is 0 Å².